The van der Waals surface area contributed by atoms with E-state index in [1.165, 1.54) is 43.5 Å². The summed E-state index contributed by atoms with van der Waals surface area (Å²) in [7, 11) is -11.2. The summed E-state index contributed by atoms with van der Waals surface area (Å²) in [5, 5.41) is 0. The fourth-order valence-electron chi connectivity index (χ4n) is 4.74. The lowest BCUT2D eigenvalue weighted by Crippen LogP contribution is -2.20. The van der Waals surface area contributed by atoms with Crippen molar-refractivity contribution in [3.8, 4) is 17.2 Å². The first-order chi connectivity index (χ1) is 20.4. The van der Waals surface area contributed by atoms with Gasteiger partial charge in [0.2, 0.25) is 9.84 Å². The molecule has 0 spiro atoms. The van der Waals surface area contributed by atoms with Crippen molar-refractivity contribution in [1.82, 2.24) is 0 Å². The lowest BCUT2D eigenvalue weighted by atomic mass is 9.77. The maximum Gasteiger partial charge on any atom is 0.330 e. The summed E-state index contributed by atoms with van der Waals surface area (Å²) in [6.07, 6.45) is -1.01. The second kappa shape index (κ2) is 12.6. The second-order valence-corrected chi connectivity index (χ2v) is 16.2. The molecule has 0 amide bonds. The maximum atomic E-state index is 13.1. The van der Waals surface area contributed by atoms with Gasteiger partial charge in [-0.25, -0.2) is 8.42 Å². The van der Waals surface area contributed by atoms with Crippen molar-refractivity contribution in [1.29, 1.82) is 0 Å². The summed E-state index contributed by atoms with van der Waals surface area (Å²) >= 11 is 0. The number of methoxy groups -OCH3 is 1. The smallest absolute Gasteiger partial charge is 0.330 e. The first kappa shape index (κ1) is 33.6. The van der Waals surface area contributed by atoms with E-state index in [2.05, 4.69) is 0 Å². The van der Waals surface area contributed by atoms with Crippen LogP contribution < -0.4 is 9.47 Å². The molecule has 0 saturated heterocycles. The minimum Gasteiger partial charge on any atom is -0.497 e. The van der Waals surface area contributed by atoms with Crippen LogP contribution in [0, 0.1) is 6.92 Å². The Morgan fingerprint density at radius 1 is 0.682 bits per heavy atom. The van der Waals surface area contributed by atoms with Gasteiger partial charge in [-0.15, -0.1) is 0 Å². The fraction of sp³-hybridized carbons (Fsp3) is 0.226. The van der Waals surface area contributed by atoms with Crippen LogP contribution in [0.5, 0.6) is 17.2 Å². The fourth-order valence-corrected chi connectivity index (χ4v) is 7.47. The monoisotopic (exact) mass is 660 g/mol. The Hall–Kier alpha value is -3.27. The Kier molecular flexibility index (Phi) is 9.64. The van der Waals surface area contributed by atoms with Crippen molar-refractivity contribution in [2.45, 2.75) is 48.3 Å². The van der Waals surface area contributed by atoms with Gasteiger partial charge < -0.3 is 29.0 Å². The van der Waals surface area contributed by atoms with Gasteiger partial charge in [0.1, 0.15) is 17.2 Å². The van der Waals surface area contributed by atoms with Gasteiger partial charge in [0, 0.05) is 11.0 Å². The highest BCUT2D eigenvalue weighted by Crippen LogP contribution is 2.45. The summed E-state index contributed by atoms with van der Waals surface area (Å²) in [5.41, 5.74) is 2.23. The average molecular weight is 661 g/mol. The molecule has 0 aliphatic carbocycles. The number of hydrogen-bond donors (Lipinski definition) is 4. The standard InChI is InChI=1S/C31H34O10P2S/c1-21-5-6-24(17-22(21)19-42(32,33)34)31(2,3)25-7-16-30(23(18-25)20-43(35,36)37)41-27-10-14-29(15-11-27)44(38,39)28-12-8-26(40-4)9-13-28/h5-18H,19-20H2,1-4H3,(H2,32,33,34)(H2,35,36,37). The predicted molar refractivity (Wildman–Crippen MR) is 166 cm³/mol. The van der Waals surface area contributed by atoms with Crippen LogP contribution in [0.15, 0.2) is 94.7 Å². The maximum absolute atomic E-state index is 13.1. The van der Waals surface area contributed by atoms with Crippen LogP contribution in [0.1, 0.15) is 41.7 Å². The molecule has 0 aliphatic heterocycles. The molecule has 234 valence electrons. The Morgan fingerprint density at radius 3 is 1.64 bits per heavy atom. The van der Waals surface area contributed by atoms with E-state index in [0.29, 0.717) is 16.9 Å². The predicted octanol–water partition coefficient (Wildman–Crippen LogP) is 6.31. The lowest BCUT2D eigenvalue weighted by molar-refractivity contribution is 0.368. The largest absolute Gasteiger partial charge is 0.497 e. The molecule has 0 atom stereocenters. The third-order valence-corrected chi connectivity index (χ3v) is 10.6. The molecule has 10 nitrogen and oxygen atoms in total. The topological polar surface area (TPSA) is 168 Å². The van der Waals surface area contributed by atoms with E-state index >= 15 is 0 Å². The molecule has 4 rings (SSSR count). The van der Waals surface area contributed by atoms with Gasteiger partial charge in [0.05, 0.1) is 29.2 Å². The molecule has 4 aromatic rings. The highest BCUT2D eigenvalue weighted by Gasteiger charge is 2.28. The van der Waals surface area contributed by atoms with E-state index in [-0.39, 0.29) is 26.9 Å². The zero-order valence-corrected chi connectivity index (χ0v) is 27.1. The van der Waals surface area contributed by atoms with Crippen molar-refractivity contribution in [2.24, 2.45) is 0 Å². The summed E-state index contributed by atoms with van der Waals surface area (Å²) < 4.78 is 60.9. The molecule has 4 aromatic carbocycles. The van der Waals surface area contributed by atoms with E-state index in [0.717, 1.165) is 11.1 Å². The molecule has 0 fully saturated rings. The number of rotatable bonds is 11. The minimum absolute atomic E-state index is 0.0405. The van der Waals surface area contributed by atoms with Crippen LogP contribution in [0.2, 0.25) is 0 Å². The molecule has 13 heteroatoms. The molecule has 0 bridgehead atoms. The SMILES string of the molecule is COc1ccc(S(=O)(=O)c2ccc(Oc3ccc(C(C)(C)c4ccc(C)c(CP(=O)(O)O)c4)cc3CP(=O)(O)O)cc2)cc1. The van der Waals surface area contributed by atoms with Gasteiger partial charge in [-0.05, 0) is 83.8 Å². The summed E-state index contributed by atoms with van der Waals surface area (Å²) in [4.78, 5) is 38.8. The molecule has 0 unspecified atom stereocenters. The third kappa shape index (κ3) is 8.06. The van der Waals surface area contributed by atoms with Crippen LogP contribution in [-0.2, 0) is 36.7 Å². The van der Waals surface area contributed by atoms with Crippen molar-refractivity contribution >= 4 is 25.0 Å². The molecular formula is C31H34O10P2S. The molecule has 4 N–H and O–H groups in total. The van der Waals surface area contributed by atoms with Crippen molar-refractivity contribution < 1.29 is 46.6 Å². The van der Waals surface area contributed by atoms with Crippen molar-refractivity contribution in [3.05, 3.63) is 113 Å². The quantitative estimate of drug-likeness (QED) is 0.134. The first-order valence-corrected chi connectivity index (χ1v) is 18.5. The van der Waals surface area contributed by atoms with Crippen molar-refractivity contribution in [2.75, 3.05) is 7.11 Å². The Labute approximate surface area is 256 Å². The van der Waals surface area contributed by atoms with E-state index in [4.69, 9.17) is 9.47 Å². The summed E-state index contributed by atoms with van der Waals surface area (Å²) in [6.45, 7) is 5.57. The molecule has 0 aromatic heterocycles. The highest BCUT2D eigenvalue weighted by molar-refractivity contribution is 7.91. The molecule has 0 heterocycles. The van der Waals surface area contributed by atoms with Crippen LogP contribution in [0.25, 0.3) is 0 Å². The highest BCUT2D eigenvalue weighted by atomic mass is 32.2. The zero-order valence-electron chi connectivity index (χ0n) is 24.5. The van der Waals surface area contributed by atoms with Gasteiger partial charge in [-0.3, -0.25) is 9.13 Å². The third-order valence-electron chi connectivity index (χ3n) is 7.34. The Balaban J connectivity index is 1.65. The Morgan fingerprint density at radius 2 is 1.14 bits per heavy atom. The molecule has 0 saturated carbocycles. The molecule has 0 radical (unpaired) electrons. The van der Waals surface area contributed by atoms with E-state index in [9.17, 15) is 37.1 Å². The number of sulfone groups is 1. The molecule has 44 heavy (non-hydrogen) atoms. The van der Waals surface area contributed by atoms with E-state index < -0.39 is 42.8 Å². The normalized spacial score (nSPS) is 12.6. The van der Waals surface area contributed by atoms with Gasteiger partial charge in [0.15, 0.2) is 0 Å². The number of benzene rings is 4. The van der Waals surface area contributed by atoms with Gasteiger partial charge in [-0.1, -0.05) is 44.2 Å². The number of ether oxygens (including phenoxy) is 2. The summed E-state index contributed by atoms with van der Waals surface area (Å²) in [6, 6.07) is 22.1. The Bertz CT molecular complexity index is 1860. The van der Waals surface area contributed by atoms with Crippen LogP contribution in [-0.4, -0.2) is 35.1 Å². The second-order valence-electron chi connectivity index (χ2n) is 11.0. The number of aryl methyl sites for hydroxylation is 1. The van der Waals surface area contributed by atoms with Crippen LogP contribution in [0.4, 0.5) is 0 Å². The molecule has 0 aliphatic rings. The van der Waals surface area contributed by atoms with Gasteiger partial charge >= 0.3 is 15.2 Å². The number of hydrogen-bond acceptors (Lipinski definition) is 6. The van der Waals surface area contributed by atoms with Gasteiger partial charge in [-0.2, -0.15) is 0 Å². The van der Waals surface area contributed by atoms with E-state index in [1.807, 2.05) is 19.9 Å². The summed E-state index contributed by atoms with van der Waals surface area (Å²) in [5.74, 6) is 0.972. The van der Waals surface area contributed by atoms with Crippen molar-refractivity contribution in [3.63, 3.8) is 0 Å². The zero-order chi connectivity index (χ0) is 32.5. The van der Waals surface area contributed by atoms with E-state index in [1.54, 1.807) is 49.4 Å². The molecular weight excluding hydrogens is 626 g/mol. The minimum atomic E-state index is -4.53. The van der Waals surface area contributed by atoms with Crippen LogP contribution in [0.3, 0.4) is 0 Å². The van der Waals surface area contributed by atoms with Crippen LogP contribution >= 0.6 is 15.2 Å². The van der Waals surface area contributed by atoms with Gasteiger partial charge in [0.25, 0.3) is 0 Å². The average Bonchev–Trinajstić information content (AvgIpc) is 2.94. The first-order valence-electron chi connectivity index (χ1n) is 13.4. The lowest BCUT2D eigenvalue weighted by Gasteiger charge is -2.28.